The highest BCUT2D eigenvalue weighted by molar-refractivity contribution is 6.30. The van der Waals surface area contributed by atoms with E-state index in [1.54, 1.807) is 7.11 Å². The number of rotatable bonds is 3. The molecule has 1 saturated heterocycles. The Morgan fingerprint density at radius 2 is 2.38 bits per heavy atom. The number of piperidine rings is 1. The Kier molecular flexibility index (Phi) is 4.22. The van der Waals surface area contributed by atoms with Crippen molar-refractivity contribution in [2.24, 2.45) is 5.92 Å². The van der Waals surface area contributed by atoms with Crippen LogP contribution in [0.15, 0.2) is 24.3 Å². The van der Waals surface area contributed by atoms with Gasteiger partial charge in [-0.25, -0.2) is 0 Å². The normalized spacial score (nSPS) is 25.6. The van der Waals surface area contributed by atoms with Gasteiger partial charge in [-0.2, -0.15) is 0 Å². The Morgan fingerprint density at radius 1 is 1.50 bits per heavy atom. The van der Waals surface area contributed by atoms with Gasteiger partial charge in [0.05, 0.1) is 6.10 Å². The van der Waals surface area contributed by atoms with E-state index in [4.69, 9.17) is 16.3 Å². The number of ether oxygens (including phenoxy) is 1. The fraction of sp³-hybridized carbons (Fsp3) is 0.538. The maximum Gasteiger partial charge on any atom is 0.0626 e. The van der Waals surface area contributed by atoms with E-state index in [1.807, 2.05) is 18.2 Å². The lowest BCUT2D eigenvalue weighted by Gasteiger charge is -2.31. The highest BCUT2D eigenvalue weighted by Crippen LogP contribution is 2.21. The van der Waals surface area contributed by atoms with E-state index in [1.165, 1.54) is 5.56 Å². The zero-order valence-electron chi connectivity index (χ0n) is 9.58. The summed E-state index contributed by atoms with van der Waals surface area (Å²) in [4.78, 5) is 0. The number of methoxy groups -OCH3 is 1. The topological polar surface area (TPSA) is 21.3 Å². The van der Waals surface area contributed by atoms with Gasteiger partial charge in [0, 0.05) is 24.6 Å². The highest BCUT2D eigenvalue weighted by Gasteiger charge is 2.24. The summed E-state index contributed by atoms with van der Waals surface area (Å²) in [7, 11) is 1.81. The third-order valence-electron chi connectivity index (χ3n) is 3.23. The Bertz CT molecular complexity index is 342. The van der Waals surface area contributed by atoms with Crippen LogP contribution in [-0.4, -0.2) is 26.3 Å². The molecule has 1 N–H and O–H groups in total. The maximum atomic E-state index is 5.99. The first-order valence-electron chi connectivity index (χ1n) is 5.77. The smallest absolute Gasteiger partial charge is 0.0626 e. The Balaban J connectivity index is 2.02. The summed E-state index contributed by atoms with van der Waals surface area (Å²) in [5, 5.41) is 4.24. The van der Waals surface area contributed by atoms with Crippen LogP contribution in [0.3, 0.4) is 0 Å². The third kappa shape index (κ3) is 2.97. The number of nitrogens with one attached hydrogen (secondary N) is 1. The van der Waals surface area contributed by atoms with Gasteiger partial charge >= 0.3 is 0 Å². The molecule has 88 valence electrons. The first-order valence-corrected chi connectivity index (χ1v) is 6.15. The first kappa shape index (κ1) is 11.9. The van der Waals surface area contributed by atoms with Crippen LogP contribution in [0.4, 0.5) is 0 Å². The highest BCUT2D eigenvalue weighted by atomic mass is 35.5. The largest absolute Gasteiger partial charge is 0.381 e. The van der Waals surface area contributed by atoms with E-state index in [0.717, 1.165) is 31.0 Å². The predicted molar refractivity (Wildman–Crippen MR) is 66.9 cm³/mol. The van der Waals surface area contributed by atoms with Crippen molar-refractivity contribution in [1.82, 2.24) is 5.32 Å². The van der Waals surface area contributed by atoms with E-state index in [9.17, 15) is 0 Å². The van der Waals surface area contributed by atoms with Gasteiger partial charge in [0.1, 0.15) is 0 Å². The average molecular weight is 240 g/mol. The minimum atomic E-state index is 0.375. The summed E-state index contributed by atoms with van der Waals surface area (Å²) in [6, 6.07) is 8.10. The average Bonchev–Trinajstić information content (AvgIpc) is 2.30. The summed E-state index contributed by atoms with van der Waals surface area (Å²) in [6.07, 6.45) is 2.51. The van der Waals surface area contributed by atoms with E-state index < -0.39 is 0 Å². The van der Waals surface area contributed by atoms with Gasteiger partial charge in [0.15, 0.2) is 0 Å². The summed E-state index contributed by atoms with van der Waals surface area (Å²) in [6.45, 7) is 2.09. The molecule has 2 unspecified atom stereocenters. The quantitative estimate of drug-likeness (QED) is 0.875. The molecule has 16 heavy (non-hydrogen) atoms. The Labute approximate surface area is 102 Å². The monoisotopic (exact) mass is 239 g/mol. The zero-order chi connectivity index (χ0) is 11.4. The number of hydrogen-bond donors (Lipinski definition) is 1. The summed E-state index contributed by atoms with van der Waals surface area (Å²) >= 11 is 5.99. The van der Waals surface area contributed by atoms with Crippen LogP contribution in [0.25, 0.3) is 0 Å². The van der Waals surface area contributed by atoms with E-state index >= 15 is 0 Å². The molecule has 0 radical (unpaired) electrons. The van der Waals surface area contributed by atoms with Crippen molar-refractivity contribution < 1.29 is 4.74 Å². The summed E-state index contributed by atoms with van der Waals surface area (Å²) in [5.74, 6) is 0.553. The molecule has 1 fully saturated rings. The number of hydrogen-bond acceptors (Lipinski definition) is 2. The van der Waals surface area contributed by atoms with Crippen LogP contribution in [0, 0.1) is 5.92 Å². The van der Waals surface area contributed by atoms with E-state index in [0.29, 0.717) is 12.0 Å². The predicted octanol–water partition coefficient (Wildman–Crippen LogP) is 2.51. The molecule has 2 atom stereocenters. The van der Waals surface area contributed by atoms with Crippen molar-refractivity contribution in [2.45, 2.75) is 18.9 Å². The Morgan fingerprint density at radius 3 is 3.12 bits per heavy atom. The molecule has 1 aromatic carbocycles. The van der Waals surface area contributed by atoms with Crippen molar-refractivity contribution in [3.05, 3.63) is 34.9 Å². The molecule has 1 aliphatic heterocycles. The van der Waals surface area contributed by atoms with Crippen molar-refractivity contribution in [3.63, 3.8) is 0 Å². The lowest BCUT2D eigenvalue weighted by atomic mass is 9.89. The molecule has 1 aromatic rings. The van der Waals surface area contributed by atoms with Gasteiger partial charge in [0.25, 0.3) is 0 Å². The molecule has 0 aliphatic carbocycles. The SMILES string of the molecule is COC1CCNCC1Cc1cccc(Cl)c1. The standard InChI is InChI=1S/C13H18ClNO/c1-16-13-5-6-15-9-11(13)7-10-3-2-4-12(14)8-10/h2-4,8,11,13,15H,5-7,9H2,1H3. The summed E-state index contributed by atoms with van der Waals surface area (Å²) in [5.41, 5.74) is 1.29. The molecule has 0 amide bonds. The van der Waals surface area contributed by atoms with E-state index in [2.05, 4.69) is 11.4 Å². The van der Waals surface area contributed by atoms with Gasteiger partial charge in [-0.05, 0) is 37.1 Å². The molecular formula is C13H18ClNO. The van der Waals surface area contributed by atoms with Crippen LogP contribution < -0.4 is 5.32 Å². The molecule has 0 saturated carbocycles. The lowest BCUT2D eigenvalue weighted by Crippen LogP contribution is -2.41. The zero-order valence-corrected chi connectivity index (χ0v) is 10.3. The van der Waals surface area contributed by atoms with Crippen LogP contribution in [0.1, 0.15) is 12.0 Å². The Hall–Kier alpha value is -0.570. The molecule has 1 aliphatic rings. The molecule has 3 heteroatoms. The lowest BCUT2D eigenvalue weighted by molar-refractivity contribution is 0.0311. The second-order valence-corrected chi connectivity index (χ2v) is 4.80. The molecular weight excluding hydrogens is 222 g/mol. The third-order valence-corrected chi connectivity index (χ3v) is 3.46. The fourth-order valence-electron chi connectivity index (χ4n) is 2.38. The fourth-order valence-corrected chi connectivity index (χ4v) is 2.59. The van der Waals surface area contributed by atoms with Gasteiger partial charge in [-0.1, -0.05) is 23.7 Å². The molecule has 0 spiro atoms. The van der Waals surface area contributed by atoms with Crippen LogP contribution in [-0.2, 0) is 11.2 Å². The van der Waals surface area contributed by atoms with Crippen LogP contribution in [0.2, 0.25) is 5.02 Å². The van der Waals surface area contributed by atoms with Crippen LogP contribution in [0.5, 0.6) is 0 Å². The number of benzene rings is 1. The van der Waals surface area contributed by atoms with Crippen LogP contribution >= 0.6 is 11.6 Å². The first-order chi connectivity index (χ1) is 7.79. The summed E-state index contributed by atoms with van der Waals surface area (Å²) < 4.78 is 5.53. The minimum Gasteiger partial charge on any atom is -0.381 e. The van der Waals surface area contributed by atoms with E-state index in [-0.39, 0.29) is 0 Å². The molecule has 0 bridgehead atoms. The van der Waals surface area contributed by atoms with Crippen molar-refractivity contribution in [3.8, 4) is 0 Å². The molecule has 2 nitrogen and oxygen atoms in total. The van der Waals surface area contributed by atoms with Gasteiger partial charge in [-0.15, -0.1) is 0 Å². The number of halogens is 1. The van der Waals surface area contributed by atoms with Crippen molar-refractivity contribution >= 4 is 11.6 Å². The second kappa shape index (κ2) is 5.67. The minimum absolute atomic E-state index is 0.375. The maximum absolute atomic E-state index is 5.99. The second-order valence-electron chi connectivity index (χ2n) is 4.36. The van der Waals surface area contributed by atoms with Gasteiger partial charge in [0.2, 0.25) is 0 Å². The van der Waals surface area contributed by atoms with Gasteiger partial charge < -0.3 is 10.1 Å². The van der Waals surface area contributed by atoms with Crippen molar-refractivity contribution in [1.29, 1.82) is 0 Å². The van der Waals surface area contributed by atoms with Crippen molar-refractivity contribution in [2.75, 3.05) is 20.2 Å². The van der Waals surface area contributed by atoms with Gasteiger partial charge in [-0.3, -0.25) is 0 Å². The molecule has 1 heterocycles. The molecule has 2 rings (SSSR count). The molecule has 0 aromatic heterocycles.